The molecule has 0 atom stereocenters. The number of hydrogen-bond donors (Lipinski definition) is 2. The number of ether oxygens (including phenoxy) is 1. The fourth-order valence-corrected chi connectivity index (χ4v) is 9.72. The third-order valence-corrected chi connectivity index (χ3v) is 14.2. The second-order valence-corrected chi connectivity index (χ2v) is 20.5. The van der Waals surface area contributed by atoms with Crippen LogP contribution < -0.4 is 0 Å². The zero-order valence-corrected chi connectivity index (χ0v) is 47.9. The highest BCUT2D eigenvalue weighted by Gasteiger charge is 2.17. The highest BCUT2D eigenvalue weighted by Crippen LogP contribution is 2.33. The van der Waals surface area contributed by atoms with Gasteiger partial charge < -0.3 is 14.9 Å². The molecule has 0 radical (unpaired) electrons. The molecule has 0 spiro atoms. The fourth-order valence-electron chi connectivity index (χ4n) is 9.72. The van der Waals surface area contributed by atoms with Gasteiger partial charge in [-0.15, -0.1) is 0 Å². The predicted octanol–water partition coefficient (Wildman–Crippen LogP) is 16.1. The number of aryl methyl sites for hydroxylation is 3. The summed E-state index contributed by atoms with van der Waals surface area (Å²) < 4.78 is 6.71. The molecule has 0 saturated carbocycles. The minimum absolute atomic E-state index is 0.123. The van der Waals surface area contributed by atoms with Crippen LogP contribution >= 0.6 is 0 Å². The molecule has 0 bridgehead atoms. The predicted molar refractivity (Wildman–Crippen MR) is 329 cm³/mol. The first kappa shape index (κ1) is 61.3. The summed E-state index contributed by atoms with van der Waals surface area (Å²) in [7, 11) is 1.44. The molecule has 0 aliphatic carbocycles. The van der Waals surface area contributed by atoms with Crippen LogP contribution in [0.1, 0.15) is 122 Å². The molecule has 0 aliphatic rings. The lowest BCUT2D eigenvalue weighted by molar-refractivity contribution is -0.141. The summed E-state index contributed by atoms with van der Waals surface area (Å²) in [4.78, 5) is 25.3. The maximum atomic E-state index is 11.1. The van der Waals surface area contributed by atoms with Crippen LogP contribution in [-0.4, -0.2) is 75.6 Å². The number of carboxylic acid groups (broad SMARTS) is 1. The van der Waals surface area contributed by atoms with Gasteiger partial charge in [0, 0.05) is 65.6 Å². The van der Waals surface area contributed by atoms with E-state index in [9.17, 15) is 9.59 Å². The van der Waals surface area contributed by atoms with Crippen LogP contribution in [0, 0.1) is 0 Å². The topological polar surface area (TPSA) is 163 Å². The average Bonchev–Trinajstić information content (AvgIpc) is 4.32. The SMILES string of the molecule is COC(=O)CCCCCCCn1nc(-c2ccccc2)c(-c2ccccc2)n1.O=C(O)CCCCCCCn1cc(-c2ccccc2)c(-c2ccccc2)n1.OCCCCCCCCCn1nc(-c2ccccc2)c(-c2ccccc2)n1. The zero-order chi connectivity index (χ0) is 57.2. The molecule has 13 nitrogen and oxygen atoms in total. The number of carbonyl (C=O) groups is 2. The van der Waals surface area contributed by atoms with E-state index >= 15 is 0 Å². The Labute approximate surface area is 485 Å². The monoisotopic (exact) mass is 1100 g/mol. The van der Waals surface area contributed by atoms with Crippen molar-refractivity contribution in [2.75, 3.05) is 13.7 Å². The van der Waals surface area contributed by atoms with Crippen LogP contribution in [0.15, 0.2) is 188 Å². The van der Waals surface area contributed by atoms with Crippen molar-refractivity contribution in [2.45, 2.75) is 142 Å². The Balaban J connectivity index is 0.000000177. The Morgan fingerprint density at radius 3 is 1.02 bits per heavy atom. The minimum atomic E-state index is -0.701. The maximum absolute atomic E-state index is 11.1. The van der Waals surface area contributed by atoms with Crippen LogP contribution in [0.3, 0.4) is 0 Å². The number of aliphatic hydroxyl groups is 1. The molecule has 13 heteroatoms. The number of rotatable bonds is 31. The van der Waals surface area contributed by atoms with E-state index in [-0.39, 0.29) is 12.4 Å². The van der Waals surface area contributed by atoms with Gasteiger partial charge in [-0.05, 0) is 44.1 Å². The van der Waals surface area contributed by atoms with Crippen molar-refractivity contribution >= 4 is 11.9 Å². The molecule has 9 aromatic rings. The molecular formula is C69H82N8O5. The molecule has 3 aromatic heterocycles. The van der Waals surface area contributed by atoms with Crippen molar-refractivity contribution in [3.05, 3.63) is 188 Å². The molecule has 428 valence electrons. The van der Waals surface area contributed by atoms with Gasteiger partial charge in [-0.2, -0.15) is 35.1 Å². The van der Waals surface area contributed by atoms with Gasteiger partial charge in [0.15, 0.2) is 0 Å². The number of nitrogens with zero attached hydrogens (tertiary/aromatic N) is 8. The van der Waals surface area contributed by atoms with E-state index in [1.54, 1.807) is 0 Å². The zero-order valence-electron chi connectivity index (χ0n) is 47.9. The van der Waals surface area contributed by atoms with Gasteiger partial charge in [-0.1, -0.05) is 253 Å². The van der Waals surface area contributed by atoms with Crippen molar-refractivity contribution < 1.29 is 24.5 Å². The van der Waals surface area contributed by atoms with Crippen LogP contribution in [0.25, 0.3) is 67.4 Å². The summed E-state index contributed by atoms with van der Waals surface area (Å²) in [5.74, 6) is -0.823. The van der Waals surface area contributed by atoms with Crippen molar-refractivity contribution in [1.82, 2.24) is 39.8 Å². The third-order valence-electron chi connectivity index (χ3n) is 14.2. The highest BCUT2D eigenvalue weighted by molar-refractivity contribution is 5.81. The molecule has 0 fully saturated rings. The highest BCUT2D eigenvalue weighted by atomic mass is 16.5. The van der Waals surface area contributed by atoms with Crippen molar-refractivity contribution in [3.8, 4) is 67.4 Å². The number of hydrogen-bond acceptors (Lipinski definition) is 9. The number of aliphatic hydroxyl groups excluding tert-OH is 1. The summed E-state index contributed by atoms with van der Waals surface area (Å²) in [6, 6.07) is 61.7. The molecule has 82 heavy (non-hydrogen) atoms. The van der Waals surface area contributed by atoms with E-state index in [2.05, 4.69) is 95.9 Å². The minimum Gasteiger partial charge on any atom is -0.481 e. The summed E-state index contributed by atoms with van der Waals surface area (Å²) in [5, 5.41) is 41.5. The number of carbonyl (C=O) groups excluding carboxylic acids is 1. The Hall–Kier alpha value is -8.29. The Morgan fingerprint density at radius 1 is 0.366 bits per heavy atom. The fraction of sp³-hybridized carbons (Fsp3) is 0.348. The Bertz CT molecular complexity index is 3000. The normalized spacial score (nSPS) is 10.9. The lowest BCUT2D eigenvalue weighted by Crippen LogP contribution is -2.03. The summed E-state index contributed by atoms with van der Waals surface area (Å²) >= 11 is 0. The molecule has 6 aromatic carbocycles. The Kier molecular flexibility index (Phi) is 26.5. The number of aromatic nitrogens is 8. The van der Waals surface area contributed by atoms with Gasteiger partial charge in [-0.25, -0.2) is 0 Å². The van der Waals surface area contributed by atoms with Crippen LogP contribution in [0.2, 0.25) is 0 Å². The van der Waals surface area contributed by atoms with Crippen LogP contribution in [0.4, 0.5) is 0 Å². The molecule has 0 amide bonds. The molecule has 2 N–H and O–H groups in total. The molecule has 0 unspecified atom stereocenters. The second-order valence-electron chi connectivity index (χ2n) is 20.5. The largest absolute Gasteiger partial charge is 0.481 e. The first-order valence-electron chi connectivity index (χ1n) is 29.6. The van der Waals surface area contributed by atoms with Crippen LogP contribution in [-0.2, 0) is 34.0 Å². The van der Waals surface area contributed by atoms with Gasteiger partial charge in [0.2, 0.25) is 0 Å². The maximum Gasteiger partial charge on any atom is 0.305 e. The lowest BCUT2D eigenvalue weighted by atomic mass is 10.0. The van der Waals surface area contributed by atoms with E-state index in [0.717, 1.165) is 165 Å². The average molecular weight is 1100 g/mol. The molecule has 3 heterocycles. The first-order valence-corrected chi connectivity index (χ1v) is 29.6. The van der Waals surface area contributed by atoms with Crippen LogP contribution in [0.5, 0.6) is 0 Å². The molecule has 0 saturated heterocycles. The standard InChI is InChI=1S/C23H27N3O2.C23H29N3O.C23H26N2O2/c1-28-21(27)17-11-3-2-4-12-18-26-24-22(19-13-7-5-8-14-19)23(25-26)20-15-9-6-10-16-20;27-19-13-5-3-1-2-4-12-18-26-24-22(20-14-8-6-9-15-20)23(25-26)21-16-10-7-11-17-21;26-22(27)16-10-2-1-3-11-17-25-18-21(19-12-6-4-7-13-19)23(24-25)20-14-8-5-9-15-20/h5-10,13-16H,2-4,11-12,17-18H2,1H3;6-11,14-17,27H,1-5,12-13,18-19H2;4-9,12-15,18H,1-3,10-11,16-17H2,(H,26,27). The number of esters is 1. The Morgan fingerprint density at radius 2 is 0.671 bits per heavy atom. The van der Waals surface area contributed by atoms with E-state index in [1.807, 2.05) is 111 Å². The number of unbranched alkanes of at least 4 members (excludes halogenated alkanes) is 14. The van der Waals surface area contributed by atoms with Crippen molar-refractivity contribution in [1.29, 1.82) is 0 Å². The quantitative estimate of drug-likeness (QED) is 0.0316. The molecular weight excluding hydrogens is 1020 g/mol. The summed E-state index contributed by atoms with van der Waals surface area (Å²) in [6.45, 7) is 2.84. The van der Waals surface area contributed by atoms with Gasteiger partial charge in [0.1, 0.15) is 28.5 Å². The van der Waals surface area contributed by atoms with Gasteiger partial charge in [-0.3, -0.25) is 14.3 Å². The van der Waals surface area contributed by atoms with E-state index < -0.39 is 5.97 Å². The summed E-state index contributed by atoms with van der Waals surface area (Å²) in [5.41, 5.74) is 12.6. The van der Waals surface area contributed by atoms with Crippen molar-refractivity contribution in [3.63, 3.8) is 0 Å². The number of benzene rings is 6. The first-order chi connectivity index (χ1) is 40.4. The van der Waals surface area contributed by atoms with Gasteiger partial charge in [0.05, 0.1) is 20.2 Å². The second kappa shape index (κ2) is 35.4. The van der Waals surface area contributed by atoms with Gasteiger partial charge in [0.25, 0.3) is 0 Å². The van der Waals surface area contributed by atoms with E-state index in [1.165, 1.54) is 38.4 Å². The van der Waals surface area contributed by atoms with Crippen molar-refractivity contribution in [2.24, 2.45) is 0 Å². The lowest BCUT2D eigenvalue weighted by Gasteiger charge is -2.02. The number of methoxy groups -OCH3 is 1. The smallest absolute Gasteiger partial charge is 0.305 e. The van der Waals surface area contributed by atoms with Gasteiger partial charge >= 0.3 is 11.9 Å². The third kappa shape index (κ3) is 20.7. The van der Waals surface area contributed by atoms with E-state index in [4.69, 9.17) is 35.7 Å². The number of carboxylic acids is 1. The summed E-state index contributed by atoms with van der Waals surface area (Å²) in [6.07, 6.45) is 21.1. The molecule has 9 rings (SSSR count). The van der Waals surface area contributed by atoms with E-state index in [0.29, 0.717) is 13.0 Å². The number of aliphatic carboxylic acids is 1. The molecule has 0 aliphatic heterocycles.